The Bertz CT molecular complexity index is 483. The monoisotopic (exact) mass is 188 g/mol. The first-order valence-corrected chi connectivity index (χ1v) is 4.09. The fourth-order valence-corrected chi connectivity index (χ4v) is 1.31. The molecule has 0 amide bonds. The highest BCUT2D eigenvalue weighted by molar-refractivity contribution is 5.96. The van der Waals surface area contributed by atoms with E-state index in [-0.39, 0.29) is 0 Å². The normalized spacial score (nSPS) is 10.1. The number of ether oxygens (including phenoxy) is 1. The van der Waals surface area contributed by atoms with Gasteiger partial charge in [0, 0.05) is 18.0 Å². The minimum absolute atomic E-state index is 0.522. The molecule has 1 aromatic carbocycles. The van der Waals surface area contributed by atoms with Gasteiger partial charge in [-0.1, -0.05) is 0 Å². The summed E-state index contributed by atoms with van der Waals surface area (Å²) in [6.45, 7) is 0. The van der Waals surface area contributed by atoms with Crippen molar-refractivity contribution < 1.29 is 9.53 Å². The molecular weight excluding hydrogens is 180 g/mol. The summed E-state index contributed by atoms with van der Waals surface area (Å²) in [7, 11) is 1.56. The largest absolute Gasteiger partial charge is 0.494 e. The highest BCUT2D eigenvalue weighted by Gasteiger charge is 2.06. The van der Waals surface area contributed by atoms with E-state index in [1.807, 2.05) is 0 Å². The number of rotatable bonds is 2. The van der Waals surface area contributed by atoms with E-state index in [1.54, 1.807) is 31.6 Å². The van der Waals surface area contributed by atoms with E-state index in [4.69, 9.17) is 4.74 Å². The van der Waals surface area contributed by atoms with Crippen molar-refractivity contribution >= 4 is 17.3 Å². The third-order valence-electron chi connectivity index (χ3n) is 1.97. The lowest BCUT2D eigenvalue weighted by Crippen LogP contribution is -1.93. The molecule has 4 heteroatoms. The topological polar surface area (TPSA) is 52.1 Å². The molecule has 0 unspecified atom stereocenters. The summed E-state index contributed by atoms with van der Waals surface area (Å²) < 4.78 is 5.11. The van der Waals surface area contributed by atoms with E-state index in [0.717, 1.165) is 6.29 Å². The molecule has 0 radical (unpaired) electrons. The Labute approximate surface area is 80.6 Å². The van der Waals surface area contributed by atoms with Crippen LogP contribution in [0.3, 0.4) is 0 Å². The van der Waals surface area contributed by atoms with Crippen LogP contribution >= 0.6 is 0 Å². The average molecular weight is 188 g/mol. The Morgan fingerprint density at radius 1 is 1.21 bits per heavy atom. The van der Waals surface area contributed by atoms with Crippen molar-refractivity contribution in [3.8, 4) is 5.75 Å². The molecule has 2 rings (SSSR count). The lowest BCUT2D eigenvalue weighted by Gasteiger charge is -2.04. The zero-order valence-electron chi connectivity index (χ0n) is 7.60. The molecule has 0 saturated heterocycles. The van der Waals surface area contributed by atoms with Gasteiger partial charge in [-0.2, -0.15) is 0 Å². The van der Waals surface area contributed by atoms with Gasteiger partial charge in [0.2, 0.25) is 0 Å². The number of benzene rings is 1. The summed E-state index contributed by atoms with van der Waals surface area (Å²) >= 11 is 0. The van der Waals surface area contributed by atoms with Crippen LogP contribution in [0.2, 0.25) is 0 Å². The fourth-order valence-electron chi connectivity index (χ4n) is 1.31. The van der Waals surface area contributed by atoms with Crippen LogP contribution in [0.15, 0.2) is 24.5 Å². The Hall–Kier alpha value is -1.97. The van der Waals surface area contributed by atoms with Gasteiger partial charge in [0.25, 0.3) is 0 Å². The van der Waals surface area contributed by atoms with E-state index in [1.165, 1.54) is 0 Å². The quantitative estimate of drug-likeness (QED) is 0.669. The number of aromatic nitrogens is 2. The van der Waals surface area contributed by atoms with Crippen LogP contribution in [-0.4, -0.2) is 23.4 Å². The van der Waals surface area contributed by atoms with Gasteiger partial charge in [-0.15, -0.1) is 0 Å². The molecule has 0 aliphatic rings. The van der Waals surface area contributed by atoms with E-state index in [2.05, 4.69) is 9.97 Å². The number of hydrogen-bond donors (Lipinski definition) is 0. The minimum Gasteiger partial charge on any atom is -0.494 e. The predicted molar refractivity (Wildman–Crippen MR) is 51.5 cm³/mol. The summed E-state index contributed by atoms with van der Waals surface area (Å²) in [6, 6.07) is 3.38. The van der Waals surface area contributed by atoms with Crippen LogP contribution in [0.25, 0.3) is 11.0 Å². The van der Waals surface area contributed by atoms with E-state index in [0.29, 0.717) is 22.3 Å². The van der Waals surface area contributed by atoms with E-state index < -0.39 is 0 Å². The van der Waals surface area contributed by atoms with Crippen molar-refractivity contribution in [1.82, 2.24) is 9.97 Å². The highest BCUT2D eigenvalue weighted by atomic mass is 16.5. The Morgan fingerprint density at radius 3 is 2.57 bits per heavy atom. The molecule has 0 N–H and O–H groups in total. The Morgan fingerprint density at radius 2 is 1.93 bits per heavy atom. The lowest BCUT2D eigenvalue weighted by molar-refractivity contribution is 0.112. The molecule has 2 aromatic rings. The van der Waals surface area contributed by atoms with E-state index in [9.17, 15) is 4.79 Å². The third kappa shape index (κ3) is 1.21. The molecule has 0 saturated carbocycles. The maximum Gasteiger partial charge on any atom is 0.152 e. The van der Waals surface area contributed by atoms with Crippen LogP contribution in [0.5, 0.6) is 5.75 Å². The van der Waals surface area contributed by atoms with Gasteiger partial charge in [0.15, 0.2) is 6.29 Å². The van der Waals surface area contributed by atoms with Gasteiger partial charge in [0.05, 0.1) is 7.11 Å². The summed E-state index contributed by atoms with van der Waals surface area (Å²) in [5.74, 6) is 0.624. The minimum atomic E-state index is 0.522. The molecule has 14 heavy (non-hydrogen) atoms. The SMILES string of the molecule is COc1ccc(C=O)c2nccnc12. The first-order valence-electron chi connectivity index (χ1n) is 4.09. The number of carbonyl (C=O) groups is 1. The molecule has 70 valence electrons. The standard InChI is InChI=1S/C10H8N2O2/c1-14-8-3-2-7(6-13)9-10(8)12-5-4-11-9/h2-6H,1H3. The first-order chi connectivity index (χ1) is 6.86. The van der Waals surface area contributed by atoms with Crippen molar-refractivity contribution in [2.45, 2.75) is 0 Å². The summed E-state index contributed by atoms with van der Waals surface area (Å²) in [6.07, 6.45) is 3.88. The van der Waals surface area contributed by atoms with Crippen LogP contribution in [0.4, 0.5) is 0 Å². The zero-order valence-corrected chi connectivity index (χ0v) is 7.60. The highest BCUT2D eigenvalue weighted by Crippen LogP contribution is 2.23. The van der Waals surface area contributed by atoms with Gasteiger partial charge in [0.1, 0.15) is 16.8 Å². The molecule has 0 aliphatic carbocycles. The predicted octanol–water partition coefficient (Wildman–Crippen LogP) is 1.45. The fraction of sp³-hybridized carbons (Fsp3) is 0.100. The number of hydrogen-bond acceptors (Lipinski definition) is 4. The van der Waals surface area contributed by atoms with Crippen LogP contribution < -0.4 is 4.74 Å². The number of aldehydes is 1. The summed E-state index contributed by atoms with van der Waals surface area (Å²) in [5, 5.41) is 0. The van der Waals surface area contributed by atoms with Gasteiger partial charge in [-0.3, -0.25) is 9.78 Å². The van der Waals surface area contributed by atoms with Gasteiger partial charge in [-0.25, -0.2) is 4.98 Å². The van der Waals surface area contributed by atoms with Gasteiger partial charge < -0.3 is 4.74 Å². The maximum absolute atomic E-state index is 10.7. The van der Waals surface area contributed by atoms with Crippen LogP contribution in [0, 0.1) is 0 Å². The molecule has 0 atom stereocenters. The smallest absolute Gasteiger partial charge is 0.152 e. The molecule has 0 fully saturated rings. The number of methoxy groups -OCH3 is 1. The summed E-state index contributed by atoms with van der Waals surface area (Å²) in [4.78, 5) is 18.9. The Kier molecular flexibility index (Phi) is 2.10. The zero-order chi connectivity index (χ0) is 9.97. The molecule has 1 aromatic heterocycles. The Balaban J connectivity index is 2.84. The number of fused-ring (bicyclic) bond motifs is 1. The molecule has 0 bridgehead atoms. The molecule has 0 aliphatic heterocycles. The number of nitrogens with zero attached hydrogens (tertiary/aromatic N) is 2. The number of carbonyl (C=O) groups excluding carboxylic acids is 1. The maximum atomic E-state index is 10.7. The van der Waals surface area contributed by atoms with E-state index >= 15 is 0 Å². The van der Waals surface area contributed by atoms with Crippen LogP contribution in [-0.2, 0) is 0 Å². The van der Waals surface area contributed by atoms with Crippen molar-refractivity contribution in [2.24, 2.45) is 0 Å². The first kappa shape index (κ1) is 8.62. The summed E-state index contributed by atoms with van der Waals surface area (Å²) in [5.41, 5.74) is 1.70. The average Bonchev–Trinajstić information content (AvgIpc) is 2.27. The second-order valence-electron chi connectivity index (χ2n) is 2.73. The molecule has 4 nitrogen and oxygen atoms in total. The second kappa shape index (κ2) is 3.41. The third-order valence-corrected chi connectivity index (χ3v) is 1.97. The lowest BCUT2D eigenvalue weighted by atomic mass is 10.2. The van der Waals surface area contributed by atoms with Gasteiger partial charge >= 0.3 is 0 Å². The van der Waals surface area contributed by atoms with Crippen molar-refractivity contribution in [2.75, 3.05) is 7.11 Å². The molecular formula is C10H8N2O2. The van der Waals surface area contributed by atoms with Crippen molar-refractivity contribution in [3.63, 3.8) is 0 Å². The van der Waals surface area contributed by atoms with Crippen molar-refractivity contribution in [3.05, 3.63) is 30.1 Å². The molecule has 0 spiro atoms. The molecule has 1 heterocycles. The van der Waals surface area contributed by atoms with Crippen molar-refractivity contribution in [1.29, 1.82) is 0 Å². The van der Waals surface area contributed by atoms with Crippen LogP contribution in [0.1, 0.15) is 10.4 Å². The van der Waals surface area contributed by atoms with Gasteiger partial charge in [-0.05, 0) is 12.1 Å². The second-order valence-corrected chi connectivity index (χ2v) is 2.73.